The average molecular weight is 312 g/mol. The third-order valence-electron chi connectivity index (χ3n) is 3.29. The Kier molecular flexibility index (Phi) is 4.74. The number of carbonyl (C=O) groups is 1. The summed E-state index contributed by atoms with van der Waals surface area (Å²) in [4.78, 5) is 15.4. The maximum Gasteiger partial charge on any atom is 0.341 e. The van der Waals surface area contributed by atoms with Crippen molar-refractivity contribution in [2.75, 3.05) is 6.61 Å². The van der Waals surface area contributed by atoms with Gasteiger partial charge in [-0.25, -0.2) is 4.79 Å². The summed E-state index contributed by atoms with van der Waals surface area (Å²) in [6, 6.07) is 9.77. The number of nitrogens with one attached hydrogen (secondary N) is 1. The van der Waals surface area contributed by atoms with Crippen LogP contribution in [0.1, 0.15) is 34.1 Å². The van der Waals surface area contributed by atoms with Gasteiger partial charge in [0.15, 0.2) is 0 Å². The van der Waals surface area contributed by atoms with Crippen LogP contribution in [0.5, 0.6) is 0 Å². The number of hydrogen-bond acceptors (Lipinski definition) is 4. The predicted molar refractivity (Wildman–Crippen MR) is 87.2 cm³/mol. The molecular weight excluding hydrogens is 296 g/mol. The Labute approximate surface area is 134 Å². The van der Waals surface area contributed by atoms with Crippen LogP contribution in [0.4, 0.5) is 0 Å². The van der Waals surface area contributed by atoms with E-state index < -0.39 is 5.97 Å². The Bertz CT molecular complexity index is 832. The molecule has 0 bridgehead atoms. The number of esters is 1. The predicted octanol–water partition coefficient (Wildman–Crippen LogP) is 4.08. The molecule has 0 saturated carbocycles. The molecule has 1 aromatic carbocycles. The molecule has 0 aliphatic carbocycles. The Hall–Kier alpha value is -2.45. The van der Waals surface area contributed by atoms with E-state index >= 15 is 0 Å². The van der Waals surface area contributed by atoms with E-state index in [2.05, 4.69) is 4.98 Å². The zero-order valence-corrected chi connectivity index (χ0v) is 13.5. The molecule has 0 saturated heterocycles. The van der Waals surface area contributed by atoms with Crippen LogP contribution in [0.2, 0.25) is 0 Å². The van der Waals surface area contributed by atoms with E-state index in [0.29, 0.717) is 17.0 Å². The fourth-order valence-electron chi connectivity index (χ4n) is 2.27. The number of H-pyrrole nitrogens is 1. The highest BCUT2D eigenvalue weighted by atomic mass is 32.1. The van der Waals surface area contributed by atoms with Crippen molar-refractivity contribution < 1.29 is 9.53 Å². The first-order chi connectivity index (χ1) is 10.5. The van der Waals surface area contributed by atoms with Gasteiger partial charge in [0, 0.05) is 5.69 Å². The van der Waals surface area contributed by atoms with Gasteiger partial charge in [-0.1, -0.05) is 36.0 Å². The molecule has 4 nitrogen and oxygen atoms in total. The second-order valence-corrected chi connectivity index (χ2v) is 5.31. The Morgan fingerprint density at radius 3 is 2.73 bits per heavy atom. The Morgan fingerprint density at radius 1 is 1.41 bits per heavy atom. The lowest BCUT2D eigenvalue weighted by atomic mass is 10.0. The third kappa shape index (κ3) is 2.92. The number of aromatic amines is 1. The van der Waals surface area contributed by atoms with E-state index in [1.54, 1.807) is 13.8 Å². The molecule has 112 valence electrons. The molecular formula is C17H16N2O2S. The van der Waals surface area contributed by atoms with Crippen molar-refractivity contribution in [1.29, 1.82) is 5.26 Å². The van der Waals surface area contributed by atoms with Crippen molar-refractivity contribution in [3.63, 3.8) is 0 Å². The van der Waals surface area contributed by atoms with Gasteiger partial charge in [0.05, 0.1) is 22.4 Å². The number of rotatable bonds is 3. The number of nitrogens with zero attached hydrogens (tertiary/aromatic N) is 1. The Balaban J connectivity index is 2.81. The van der Waals surface area contributed by atoms with Gasteiger partial charge in [0.2, 0.25) is 0 Å². The lowest BCUT2D eigenvalue weighted by molar-refractivity contribution is 0.0526. The van der Waals surface area contributed by atoms with Gasteiger partial charge < -0.3 is 9.72 Å². The van der Waals surface area contributed by atoms with Gasteiger partial charge in [0.25, 0.3) is 0 Å². The van der Waals surface area contributed by atoms with Crippen molar-refractivity contribution in [2.45, 2.75) is 20.8 Å². The van der Waals surface area contributed by atoms with Crippen LogP contribution in [0.15, 0.2) is 24.3 Å². The first-order valence-electron chi connectivity index (χ1n) is 6.90. The molecule has 0 aliphatic heterocycles. The monoisotopic (exact) mass is 312 g/mol. The van der Waals surface area contributed by atoms with Crippen LogP contribution in [0.25, 0.3) is 11.3 Å². The van der Waals surface area contributed by atoms with Crippen molar-refractivity contribution >= 4 is 18.2 Å². The number of carbonyl (C=O) groups excluding carboxylic acids is 1. The van der Waals surface area contributed by atoms with Crippen LogP contribution in [0.3, 0.4) is 0 Å². The molecule has 0 aliphatic rings. The van der Waals surface area contributed by atoms with E-state index in [-0.39, 0.29) is 16.7 Å². The van der Waals surface area contributed by atoms with Gasteiger partial charge in [0.1, 0.15) is 11.6 Å². The van der Waals surface area contributed by atoms with E-state index in [0.717, 1.165) is 11.1 Å². The minimum atomic E-state index is -0.517. The van der Waals surface area contributed by atoms with Crippen molar-refractivity contribution in [1.82, 2.24) is 4.98 Å². The van der Waals surface area contributed by atoms with Crippen LogP contribution in [-0.4, -0.2) is 17.6 Å². The van der Waals surface area contributed by atoms with Crippen LogP contribution in [0, 0.1) is 29.7 Å². The summed E-state index contributed by atoms with van der Waals surface area (Å²) in [5.74, 6) is -0.517. The zero-order valence-electron chi connectivity index (χ0n) is 12.7. The summed E-state index contributed by atoms with van der Waals surface area (Å²) < 4.78 is 5.34. The van der Waals surface area contributed by atoms with E-state index in [9.17, 15) is 10.1 Å². The van der Waals surface area contributed by atoms with Crippen LogP contribution >= 0.6 is 12.2 Å². The third-order valence-corrected chi connectivity index (χ3v) is 3.70. The fourth-order valence-corrected chi connectivity index (χ4v) is 2.66. The second-order valence-electron chi connectivity index (χ2n) is 4.91. The zero-order chi connectivity index (χ0) is 16.3. The Morgan fingerprint density at radius 2 is 2.14 bits per heavy atom. The molecule has 1 heterocycles. The van der Waals surface area contributed by atoms with Crippen LogP contribution < -0.4 is 0 Å². The maximum absolute atomic E-state index is 12.3. The molecule has 2 aromatic rings. The molecule has 1 N–H and O–H groups in total. The molecule has 2 rings (SSSR count). The summed E-state index contributed by atoms with van der Waals surface area (Å²) in [7, 11) is 0. The summed E-state index contributed by atoms with van der Waals surface area (Å²) in [5.41, 5.74) is 3.66. The number of aromatic nitrogens is 1. The quantitative estimate of drug-likeness (QED) is 0.685. The molecule has 5 heteroatoms. The second kappa shape index (κ2) is 6.54. The standard InChI is InChI=1S/C17H16N2O2S/c1-4-21-17(20)14-15(12-7-5-6-10(2)8-12)19-11(3)13(9-18)16(14)22/h5-8H,4H2,1-3H3,(H,19,22). The lowest BCUT2D eigenvalue weighted by Crippen LogP contribution is -2.11. The van der Waals surface area contributed by atoms with Crippen molar-refractivity contribution in [2.24, 2.45) is 0 Å². The number of benzene rings is 1. The number of ether oxygens (including phenoxy) is 1. The van der Waals surface area contributed by atoms with Crippen LogP contribution in [-0.2, 0) is 4.74 Å². The van der Waals surface area contributed by atoms with Gasteiger partial charge >= 0.3 is 5.97 Å². The normalized spacial score (nSPS) is 10.1. The van der Waals surface area contributed by atoms with Gasteiger partial charge in [-0.05, 0) is 32.4 Å². The maximum atomic E-state index is 12.3. The van der Waals surface area contributed by atoms with Crippen molar-refractivity contribution in [3.8, 4) is 17.3 Å². The largest absolute Gasteiger partial charge is 0.462 e. The van der Waals surface area contributed by atoms with Gasteiger partial charge in [-0.2, -0.15) is 5.26 Å². The summed E-state index contributed by atoms with van der Waals surface area (Å²) in [6.45, 7) is 5.72. The molecule has 0 amide bonds. The minimum absolute atomic E-state index is 0.230. The minimum Gasteiger partial charge on any atom is -0.462 e. The van der Waals surface area contributed by atoms with E-state index in [1.165, 1.54) is 0 Å². The molecule has 1 aromatic heterocycles. The average Bonchev–Trinajstić information content (AvgIpc) is 2.47. The number of hydrogen-bond donors (Lipinski definition) is 1. The lowest BCUT2D eigenvalue weighted by Gasteiger charge is -2.13. The van der Waals surface area contributed by atoms with E-state index in [4.69, 9.17) is 17.0 Å². The molecule has 0 spiro atoms. The first-order valence-corrected chi connectivity index (χ1v) is 7.31. The first kappa shape index (κ1) is 15.9. The van der Waals surface area contributed by atoms with E-state index in [1.807, 2.05) is 37.3 Å². The number of pyridine rings is 1. The number of aryl methyl sites for hydroxylation is 2. The summed E-state index contributed by atoms with van der Waals surface area (Å²) in [5, 5.41) is 9.25. The molecule has 0 radical (unpaired) electrons. The summed E-state index contributed by atoms with van der Waals surface area (Å²) >= 11 is 5.35. The molecule has 0 fully saturated rings. The smallest absolute Gasteiger partial charge is 0.341 e. The highest BCUT2D eigenvalue weighted by Gasteiger charge is 2.20. The number of nitriles is 1. The van der Waals surface area contributed by atoms with Crippen molar-refractivity contribution in [3.05, 3.63) is 51.2 Å². The fraction of sp³-hybridized carbons (Fsp3) is 0.235. The molecule has 0 unspecified atom stereocenters. The highest BCUT2D eigenvalue weighted by Crippen LogP contribution is 2.27. The SMILES string of the molecule is CCOC(=O)c1c(-c2cccc(C)c2)[nH]c(C)c(C#N)c1=S. The topological polar surface area (TPSA) is 65.9 Å². The highest BCUT2D eigenvalue weighted by molar-refractivity contribution is 7.71. The van der Waals surface area contributed by atoms with Gasteiger partial charge in [-0.3, -0.25) is 0 Å². The molecule has 0 atom stereocenters. The summed E-state index contributed by atoms with van der Waals surface area (Å²) in [6.07, 6.45) is 0. The molecule has 22 heavy (non-hydrogen) atoms. The van der Waals surface area contributed by atoms with Gasteiger partial charge in [-0.15, -0.1) is 0 Å².